The number of nitrogens with one attached hydrogen (secondary N) is 1. The van der Waals surface area contributed by atoms with Crippen LogP contribution in [0.4, 0.5) is 4.39 Å². The second-order valence-corrected chi connectivity index (χ2v) is 9.77. The molecule has 1 aliphatic heterocycles. The monoisotopic (exact) mass is 511 g/mol. The Balaban J connectivity index is 1.93. The Kier molecular flexibility index (Phi) is 8.04. The van der Waals surface area contributed by atoms with Gasteiger partial charge in [0.05, 0.1) is 18.8 Å². The summed E-state index contributed by atoms with van der Waals surface area (Å²) in [6.07, 6.45) is 1.69. The van der Waals surface area contributed by atoms with Crippen molar-refractivity contribution in [3.8, 4) is 0 Å². The van der Waals surface area contributed by atoms with Crippen LogP contribution < -0.4 is 5.32 Å². The fourth-order valence-electron chi connectivity index (χ4n) is 5.14. The Bertz CT molecular complexity index is 1220. The number of ether oxygens (including phenoxy) is 2. The zero-order chi connectivity index (χ0) is 25.8. The molecule has 2 aromatic rings. The summed E-state index contributed by atoms with van der Waals surface area (Å²) in [6.45, 7) is 5.71. The van der Waals surface area contributed by atoms with Crippen molar-refractivity contribution in [3.63, 3.8) is 0 Å². The van der Waals surface area contributed by atoms with Crippen molar-refractivity contribution in [1.82, 2.24) is 5.32 Å². The first-order valence-electron chi connectivity index (χ1n) is 12.3. The summed E-state index contributed by atoms with van der Waals surface area (Å²) in [4.78, 5) is 41.5. The van der Waals surface area contributed by atoms with Gasteiger partial charge in [-0.25, -0.2) is 9.18 Å². The number of hydrogen-bond acceptors (Lipinski definition) is 7. The maximum absolute atomic E-state index is 14.4. The normalized spacial score (nSPS) is 21.7. The first kappa shape index (κ1) is 25.8. The standard InChI is InChI=1S/C28H30FNO5S/c1-4-9-19-25(28(33)35-6-3)22(16-10-7-11-17(29)14-16)24-20(30-19)15-18(21-12-8-13-36-21)23(26(24)31)27(32)34-5-2/h7-8,10-14,18,22-23,30H,4-6,9,15H2,1-3H3/t18-,22-,23-/m1/s1. The van der Waals surface area contributed by atoms with Crippen LogP contribution in [0, 0.1) is 11.7 Å². The lowest BCUT2D eigenvalue weighted by Gasteiger charge is -2.39. The molecule has 2 heterocycles. The van der Waals surface area contributed by atoms with E-state index in [1.165, 1.54) is 23.5 Å². The summed E-state index contributed by atoms with van der Waals surface area (Å²) in [7, 11) is 0. The Labute approximate surface area is 214 Å². The molecule has 0 saturated heterocycles. The van der Waals surface area contributed by atoms with E-state index in [2.05, 4.69) is 5.32 Å². The predicted octanol–water partition coefficient (Wildman–Crippen LogP) is 5.38. The molecule has 0 spiro atoms. The van der Waals surface area contributed by atoms with Crippen LogP contribution in [0.1, 0.15) is 62.3 Å². The molecule has 3 atom stereocenters. The van der Waals surface area contributed by atoms with E-state index in [0.717, 1.165) is 11.3 Å². The van der Waals surface area contributed by atoms with E-state index in [-0.39, 0.29) is 18.8 Å². The number of Topliss-reactive ketones (excluding diaryl/α,β-unsaturated/α-hetero) is 1. The summed E-state index contributed by atoms with van der Waals surface area (Å²) in [5.74, 6) is -4.35. The molecule has 4 rings (SSSR count). The smallest absolute Gasteiger partial charge is 0.336 e. The predicted molar refractivity (Wildman–Crippen MR) is 135 cm³/mol. The topological polar surface area (TPSA) is 81.7 Å². The average molecular weight is 512 g/mol. The van der Waals surface area contributed by atoms with E-state index in [1.54, 1.807) is 26.0 Å². The molecule has 1 aromatic carbocycles. The molecule has 0 fully saturated rings. The third kappa shape index (κ3) is 4.87. The van der Waals surface area contributed by atoms with Crippen molar-refractivity contribution < 1.29 is 28.2 Å². The van der Waals surface area contributed by atoms with Crippen LogP contribution in [0.15, 0.2) is 64.3 Å². The second kappa shape index (κ2) is 11.2. The maximum Gasteiger partial charge on any atom is 0.336 e. The highest BCUT2D eigenvalue weighted by Crippen LogP contribution is 2.49. The van der Waals surface area contributed by atoms with Gasteiger partial charge in [0, 0.05) is 33.7 Å². The first-order chi connectivity index (χ1) is 17.4. The van der Waals surface area contributed by atoms with Gasteiger partial charge in [0.1, 0.15) is 11.7 Å². The first-order valence-corrected chi connectivity index (χ1v) is 13.2. The Morgan fingerprint density at radius 2 is 1.89 bits per heavy atom. The number of halogens is 1. The van der Waals surface area contributed by atoms with Crippen LogP contribution >= 0.6 is 11.3 Å². The third-order valence-electron chi connectivity index (χ3n) is 6.53. The van der Waals surface area contributed by atoms with E-state index < -0.39 is 41.3 Å². The van der Waals surface area contributed by atoms with Crippen LogP contribution in [0.25, 0.3) is 0 Å². The maximum atomic E-state index is 14.4. The van der Waals surface area contributed by atoms with Gasteiger partial charge in [-0.15, -0.1) is 11.3 Å². The van der Waals surface area contributed by atoms with Gasteiger partial charge in [0.2, 0.25) is 0 Å². The molecule has 1 N–H and O–H groups in total. The minimum Gasteiger partial charge on any atom is -0.465 e. The highest BCUT2D eigenvalue weighted by atomic mass is 32.1. The van der Waals surface area contributed by atoms with Crippen molar-refractivity contribution >= 4 is 29.1 Å². The molecule has 8 heteroatoms. The summed E-state index contributed by atoms with van der Waals surface area (Å²) >= 11 is 1.49. The van der Waals surface area contributed by atoms with E-state index in [0.29, 0.717) is 35.4 Å². The molecule has 2 aliphatic rings. The Hall–Kier alpha value is -3.26. The number of hydrogen-bond donors (Lipinski definition) is 1. The molecule has 36 heavy (non-hydrogen) atoms. The Morgan fingerprint density at radius 3 is 2.53 bits per heavy atom. The molecule has 6 nitrogen and oxygen atoms in total. The zero-order valence-corrected chi connectivity index (χ0v) is 21.5. The third-order valence-corrected chi connectivity index (χ3v) is 7.53. The molecular formula is C28H30FNO5S. The fourth-order valence-corrected chi connectivity index (χ4v) is 6.00. The SMILES string of the molecule is CCCC1=C(C(=O)OCC)[C@H](c2cccc(F)c2)C2=C(C[C@H](c3cccs3)[C@@H](C(=O)OCC)C2=O)N1. The van der Waals surface area contributed by atoms with Gasteiger partial charge in [0.15, 0.2) is 5.78 Å². The number of allylic oxidation sites excluding steroid dienone is 3. The highest BCUT2D eigenvalue weighted by Gasteiger charge is 2.49. The molecule has 1 aromatic heterocycles. The van der Waals surface area contributed by atoms with Crippen molar-refractivity contribution in [1.29, 1.82) is 0 Å². The zero-order valence-electron chi connectivity index (χ0n) is 20.6. The quantitative estimate of drug-likeness (QED) is 0.379. The number of benzene rings is 1. The number of ketones is 1. The lowest BCUT2D eigenvalue weighted by Crippen LogP contribution is -2.43. The minimum atomic E-state index is -1.06. The van der Waals surface area contributed by atoms with E-state index in [9.17, 15) is 18.8 Å². The second-order valence-electron chi connectivity index (χ2n) is 8.79. The van der Waals surface area contributed by atoms with Crippen LogP contribution in [0.5, 0.6) is 0 Å². The number of carbonyl (C=O) groups excluding carboxylic acids is 3. The lowest BCUT2D eigenvalue weighted by molar-refractivity contribution is -0.152. The number of rotatable bonds is 8. The number of carbonyl (C=O) groups is 3. The molecular weight excluding hydrogens is 481 g/mol. The molecule has 1 aliphatic carbocycles. The molecule has 0 saturated carbocycles. The number of thiophene rings is 1. The Morgan fingerprint density at radius 1 is 1.11 bits per heavy atom. The minimum absolute atomic E-state index is 0.145. The number of dihydropyridines is 1. The molecule has 0 unspecified atom stereocenters. The van der Waals surface area contributed by atoms with E-state index in [1.807, 2.05) is 24.4 Å². The molecule has 190 valence electrons. The average Bonchev–Trinajstić information content (AvgIpc) is 3.38. The van der Waals surface area contributed by atoms with Gasteiger partial charge in [0.25, 0.3) is 0 Å². The number of esters is 2. The van der Waals surface area contributed by atoms with E-state index in [4.69, 9.17) is 9.47 Å². The summed E-state index contributed by atoms with van der Waals surface area (Å²) in [5, 5.41) is 5.28. The van der Waals surface area contributed by atoms with Crippen LogP contribution in [-0.2, 0) is 23.9 Å². The largest absolute Gasteiger partial charge is 0.465 e. The molecule has 0 radical (unpaired) electrons. The van der Waals surface area contributed by atoms with Gasteiger partial charge in [-0.3, -0.25) is 9.59 Å². The van der Waals surface area contributed by atoms with Crippen molar-refractivity contribution in [2.75, 3.05) is 13.2 Å². The van der Waals surface area contributed by atoms with Crippen molar-refractivity contribution in [3.05, 3.63) is 80.6 Å². The molecule has 0 amide bonds. The lowest BCUT2D eigenvalue weighted by atomic mass is 9.68. The van der Waals surface area contributed by atoms with Crippen molar-refractivity contribution in [2.24, 2.45) is 5.92 Å². The van der Waals surface area contributed by atoms with E-state index >= 15 is 0 Å². The van der Waals surface area contributed by atoms with Crippen molar-refractivity contribution in [2.45, 2.75) is 51.9 Å². The van der Waals surface area contributed by atoms with Gasteiger partial charge in [-0.1, -0.05) is 31.5 Å². The van der Waals surface area contributed by atoms with Crippen LogP contribution in [-0.4, -0.2) is 30.9 Å². The summed E-state index contributed by atoms with van der Waals surface area (Å²) < 4.78 is 25.1. The van der Waals surface area contributed by atoms with Gasteiger partial charge < -0.3 is 14.8 Å². The summed E-state index contributed by atoms with van der Waals surface area (Å²) in [5.41, 5.74) is 2.37. The summed E-state index contributed by atoms with van der Waals surface area (Å²) in [6, 6.07) is 9.71. The van der Waals surface area contributed by atoms with Gasteiger partial charge >= 0.3 is 11.9 Å². The van der Waals surface area contributed by atoms with Gasteiger partial charge in [-0.05, 0) is 55.8 Å². The van der Waals surface area contributed by atoms with Crippen LogP contribution in [0.3, 0.4) is 0 Å². The fraction of sp³-hybridized carbons (Fsp3) is 0.393. The molecule has 0 bridgehead atoms. The van der Waals surface area contributed by atoms with Crippen LogP contribution in [0.2, 0.25) is 0 Å². The van der Waals surface area contributed by atoms with Gasteiger partial charge in [-0.2, -0.15) is 0 Å². The highest BCUT2D eigenvalue weighted by molar-refractivity contribution is 7.10.